The molecule has 1 aromatic rings. The molecule has 140 valence electrons. The number of nitrogens with zero attached hydrogens (tertiary/aromatic N) is 2. The van der Waals surface area contributed by atoms with Crippen molar-refractivity contribution >= 4 is 27.5 Å². The monoisotopic (exact) mass is 389 g/mol. The zero-order chi connectivity index (χ0) is 18.8. The second kappa shape index (κ2) is 7.90. The number of rotatable bonds is 6. The van der Waals surface area contributed by atoms with Gasteiger partial charge >= 0.3 is 0 Å². The molecule has 2 rings (SSSR count). The highest BCUT2D eigenvalue weighted by molar-refractivity contribution is 7.88. The van der Waals surface area contributed by atoms with Crippen LogP contribution >= 0.6 is 11.6 Å². The van der Waals surface area contributed by atoms with E-state index in [0.717, 1.165) is 0 Å². The van der Waals surface area contributed by atoms with Crippen LogP contribution in [0.1, 0.15) is 10.4 Å². The van der Waals surface area contributed by atoms with Crippen LogP contribution < -0.4 is 10.1 Å². The van der Waals surface area contributed by atoms with Gasteiger partial charge in [-0.2, -0.15) is 4.31 Å². The van der Waals surface area contributed by atoms with Crippen molar-refractivity contribution in [2.45, 2.75) is 6.04 Å². The quantitative estimate of drug-likeness (QED) is 0.782. The van der Waals surface area contributed by atoms with Crippen LogP contribution in [0, 0.1) is 5.92 Å². The van der Waals surface area contributed by atoms with Gasteiger partial charge in [-0.3, -0.25) is 4.79 Å². The summed E-state index contributed by atoms with van der Waals surface area (Å²) in [4.78, 5) is 14.6. The van der Waals surface area contributed by atoms with Crippen LogP contribution in [0.3, 0.4) is 0 Å². The average Bonchev–Trinajstić information content (AvgIpc) is 2.89. The van der Waals surface area contributed by atoms with Crippen LogP contribution in [0.15, 0.2) is 18.2 Å². The lowest BCUT2D eigenvalue weighted by atomic mass is 10.0. The minimum atomic E-state index is -3.30. The number of methoxy groups -OCH3 is 1. The zero-order valence-corrected chi connectivity index (χ0v) is 16.4. The van der Waals surface area contributed by atoms with Gasteiger partial charge in [0.05, 0.1) is 18.9 Å². The molecule has 1 fully saturated rings. The molecule has 0 saturated carbocycles. The minimum absolute atomic E-state index is 0.00645. The molecule has 0 aromatic heterocycles. The van der Waals surface area contributed by atoms with Gasteiger partial charge in [-0.15, -0.1) is 0 Å². The predicted molar refractivity (Wildman–Crippen MR) is 97.7 cm³/mol. The van der Waals surface area contributed by atoms with Crippen LogP contribution in [0.2, 0.25) is 5.02 Å². The van der Waals surface area contributed by atoms with Crippen molar-refractivity contribution in [3.63, 3.8) is 0 Å². The van der Waals surface area contributed by atoms with Gasteiger partial charge in [0.15, 0.2) is 0 Å². The number of nitrogens with one attached hydrogen (secondary N) is 1. The van der Waals surface area contributed by atoms with E-state index in [1.54, 1.807) is 18.2 Å². The van der Waals surface area contributed by atoms with E-state index in [9.17, 15) is 13.2 Å². The van der Waals surface area contributed by atoms with Crippen LogP contribution in [-0.4, -0.2) is 76.7 Å². The third kappa shape index (κ3) is 5.07. The maximum absolute atomic E-state index is 12.7. The Bertz CT molecular complexity index is 739. The van der Waals surface area contributed by atoms with E-state index in [0.29, 0.717) is 29.4 Å². The van der Waals surface area contributed by atoms with Gasteiger partial charge in [0.1, 0.15) is 5.75 Å². The molecule has 1 N–H and O–H groups in total. The lowest BCUT2D eigenvalue weighted by Crippen LogP contribution is -2.43. The topological polar surface area (TPSA) is 79.0 Å². The summed E-state index contributed by atoms with van der Waals surface area (Å²) >= 11 is 5.93. The first-order valence-corrected chi connectivity index (χ1v) is 10.1. The fraction of sp³-hybridized carbons (Fsp3) is 0.562. The fourth-order valence-electron chi connectivity index (χ4n) is 3.02. The van der Waals surface area contributed by atoms with Gasteiger partial charge in [0.2, 0.25) is 10.0 Å². The molecular weight excluding hydrogens is 366 g/mol. The van der Waals surface area contributed by atoms with Crippen molar-refractivity contribution in [1.82, 2.24) is 14.5 Å². The van der Waals surface area contributed by atoms with E-state index in [4.69, 9.17) is 16.3 Å². The molecule has 0 bridgehead atoms. The molecule has 0 spiro atoms. The molecule has 1 heterocycles. The second-order valence-corrected chi connectivity index (χ2v) is 8.95. The Kier molecular flexibility index (Phi) is 6.31. The predicted octanol–water partition coefficient (Wildman–Crippen LogP) is 0.900. The van der Waals surface area contributed by atoms with Crippen molar-refractivity contribution in [3.8, 4) is 5.75 Å². The van der Waals surface area contributed by atoms with E-state index in [-0.39, 0.29) is 24.4 Å². The molecule has 0 unspecified atom stereocenters. The number of carbonyl (C=O) groups excluding carboxylic acids is 1. The summed E-state index contributed by atoms with van der Waals surface area (Å²) in [5.41, 5.74) is 0.369. The number of carbonyl (C=O) groups is 1. The molecule has 7 nitrogen and oxygen atoms in total. The third-order valence-corrected chi connectivity index (χ3v) is 5.67. The highest BCUT2D eigenvalue weighted by Gasteiger charge is 2.38. The Morgan fingerprint density at radius 1 is 1.40 bits per heavy atom. The Morgan fingerprint density at radius 3 is 2.64 bits per heavy atom. The Labute approximate surface area is 153 Å². The molecular formula is C16H24ClN3O4S. The molecule has 1 aromatic carbocycles. The second-order valence-electron chi connectivity index (χ2n) is 6.53. The molecule has 25 heavy (non-hydrogen) atoms. The van der Waals surface area contributed by atoms with Crippen molar-refractivity contribution in [1.29, 1.82) is 0 Å². The summed E-state index contributed by atoms with van der Waals surface area (Å²) in [6.45, 7) is 1.33. The van der Waals surface area contributed by atoms with Crippen molar-refractivity contribution in [2.75, 3.05) is 47.1 Å². The largest absolute Gasteiger partial charge is 0.496 e. The van der Waals surface area contributed by atoms with E-state index >= 15 is 0 Å². The van der Waals surface area contributed by atoms with Gasteiger partial charge in [-0.1, -0.05) is 11.6 Å². The first kappa shape index (κ1) is 20.0. The lowest BCUT2D eigenvalue weighted by Gasteiger charge is -2.23. The summed E-state index contributed by atoms with van der Waals surface area (Å²) in [6, 6.07) is 4.52. The zero-order valence-electron chi connectivity index (χ0n) is 14.8. The number of sulfonamides is 1. The molecule has 0 aliphatic carbocycles. The summed E-state index contributed by atoms with van der Waals surface area (Å²) in [5, 5.41) is 3.43. The van der Waals surface area contributed by atoms with Gasteiger partial charge < -0.3 is 15.0 Å². The Hall–Kier alpha value is -1.35. The van der Waals surface area contributed by atoms with E-state index in [1.165, 1.54) is 17.7 Å². The van der Waals surface area contributed by atoms with Crippen molar-refractivity contribution < 1.29 is 17.9 Å². The highest BCUT2D eigenvalue weighted by atomic mass is 35.5. The summed E-state index contributed by atoms with van der Waals surface area (Å²) in [7, 11) is 2.01. The van der Waals surface area contributed by atoms with Crippen molar-refractivity contribution in [3.05, 3.63) is 28.8 Å². The number of ether oxygens (including phenoxy) is 1. The van der Waals surface area contributed by atoms with Gasteiger partial charge in [0, 0.05) is 36.6 Å². The molecule has 1 aliphatic heterocycles. The molecule has 0 radical (unpaired) electrons. The maximum atomic E-state index is 12.7. The lowest BCUT2D eigenvalue weighted by molar-refractivity contribution is 0.0924. The fourth-order valence-corrected chi connectivity index (χ4v) is 4.07. The van der Waals surface area contributed by atoms with E-state index < -0.39 is 10.0 Å². The van der Waals surface area contributed by atoms with Crippen molar-refractivity contribution in [2.24, 2.45) is 5.92 Å². The highest BCUT2D eigenvalue weighted by Crippen LogP contribution is 2.25. The van der Waals surface area contributed by atoms with Gasteiger partial charge in [0.25, 0.3) is 5.91 Å². The van der Waals surface area contributed by atoms with Gasteiger partial charge in [-0.05, 0) is 32.3 Å². The molecule has 1 aliphatic rings. The van der Waals surface area contributed by atoms with Crippen LogP contribution in [0.25, 0.3) is 0 Å². The SMILES string of the molecule is COc1cc(Cl)ccc1C(=O)N[C@@H]1CN(S(C)(=O)=O)C[C@H]1CN(C)C. The van der Waals surface area contributed by atoms with E-state index in [1.807, 2.05) is 19.0 Å². The molecule has 2 atom stereocenters. The summed E-state index contributed by atoms with van der Waals surface area (Å²) in [5.74, 6) is 0.0803. The summed E-state index contributed by atoms with van der Waals surface area (Å²) < 4.78 is 30.4. The standard InChI is InChI=1S/C16H24ClN3O4S/c1-19(2)8-11-9-20(25(4,22)23)10-14(11)18-16(21)13-6-5-12(17)7-15(13)24-3/h5-7,11,14H,8-10H2,1-4H3,(H,18,21)/t11-,14-/m1/s1. The van der Waals surface area contributed by atoms with Crippen LogP contribution in [-0.2, 0) is 10.0 Å². The maximum Gasteiger partial charge on any atom is 0.255 e. The van der Waals surface area contributed by atoms with E-state index in [2.05, 4.69) is 5.32 Å². The molecule has 1 amide bonds. The average molecular weight is 390 g/mol. The number of hydrogen-bond donors (Lipinski definition) is 1. The van der Waals surface area contributed by atoms with Crippen LogP contribution in [0.4, 0.5) is 0 Å². The number of amides is 1. The Morgan fingerprint density at radius 2 is 2.08 bits per heavy atom. The summed E-state index contributed by atoms with van der Waals surface area (Å²) in [6.07, 6.45) is 1.19. The van der Waals surface area contributed by atoms with Gasteiger partial charge in [-0.25, -0.2) is 8.42 Å². The van der Waals surface area contributed by atoms with Crippen LogP contribution in [0.5, 0.6) is 5.75 Å². The number of benzene rings is 1. The Balaban J connectivity index is 2.19. The third-order valence-electron chi connectivity index (χ3n) is 4.20. The molecule has 9 heteroatoms. The smallest absolute Gasteiger partial charge is 0.255 e. The first-order chi connectivity index (χ1) is 11.6. The first-order valence-electron chi connectivity index (χ1n) is 7.86. The number of hydrogen-bond acceptors (Lipinski definition) is 5. The molecule has 1 saturated heterocycles. The minimum Gasteiger partial charge on any atom is -0.496 e. The normalized spacial score (nSPS) is 21.5. The number of halogens is 1.